The molecule has 0 aromatic carbocycles. The molecule has 4 aliphatic heterocycles. The van der Waals surface area contributed by atoms with E-state index in [0.717, 1.165) is 36.0 Å². The number of rotatable bonds is 0. The van der Waals surface area contributed by atoms with Crippen LogP contribution in [0.15, 0.2) is 0 Å². The van der Waals surface area contributed by atoms with Gasteiger partial charge in [-0.05, 0) is 94.3 Å². The number of carbonyl (C=O) groups excluding carboxylic acids is 2. The summed E-state index contributed by atoms with van der Waals surface area (Å²) in [4.78, 5) is 34.0. The molecule has 2 amide bonds. The van der Waals surface area contributed by atoms with E-state index in [2.05, 4.69) is 9.80 Å². The van der Waals surface area contributed by atoms with Gasteiger partial charge in [0.15, 0.2) is 0 Å². The highest BCUT2D eigenvalue weighted by molar-refractivity contribution is 7.60. The SMILES string of the molecule is O=C1C2CCCCC2C2CCCC3C2N1C1CCCC2C1P3C1CCCC3C4CCCCC4C(=O)N2C31. The van der Waals surface area contributed by atoms with Crippen molar-refractivity contribution < 1.29 is 9.59 Å². The van der Waals surface area contributed by atoms with Gasteiger partial charge >= 0.3 is 0 Å². The molecule has 9 aliphatic rings. The minimum Gasteiger partial charge on any atom is -0.335 e. The second-order valence-electron chi connectivity index (χ2n) is 14.9. The van der Waals surface area contributed by atoms with E-state index in [4.69, 9.17) is 0 Å². The van der Waals surface area contributed by atoms with Crippen molar-refractivity contribution >= 4 is 19.7 Å². The highest BCUT2D eigenvalue weighted by Gasteiger charge is 2.68. The Hall–Kier alpha value is -0.630. The summed E-state index contributed by atoms with van der Waals surface area (Å²) in [6.45, 7) is 0. The number of hydrogen-bond acceptors (Lipinski definition) is 2. The summed E-state index contributed by atoms with van der Waals surface area (Å²) >= 11 is 0. The molecular formula is C32H47N2O2P. The fraction of sp³-hybridized carbons (Fsp3) is 0.938. The number of nitrogens with zero attached hydrogens (tertiary/aromatic N) is 2. The molecule has 0 bridgehead atoms. The third-order valence-corrected chi connectivity index (χ3v) is 17.9. The first-order chi connectivity index (χ1) is 18.2. The van der Waals surface area contributed by atoms with Crippen molar-refractivity contribution in [1.82, 2.24) is 9.80 Å². The van der Waals surface area contributed by atoms with E-state index in [1.807, 2.05) is 0 Å². The molecule has 5 aliphatic carbocycles. The second kappa shape index (κ2) is 8.44. The third-order valence-electron chi connectivity index (χ3n) is 13.9. The normalized spacial score (nSPS) is 55.9. The van der Waals surface area contributed by atoms with Crippen LogP contribution in [0.3, 0.4) is 0 Å². The van der Waals surface area contributed by atoms with E-state index < -0.39 is 0 Å². The lowest BCUT2D eigenvalue weighted by Crippen LogP contribution is -2.78. The van der Waals surface area contributed by atoms with Crippen LogP contribution in [-0.2, 0) is 9.59 Å². The molecule has 12 atom stereocenters. The molecule has 37 heavy (non-hydrogen) atoms. The summed E-state index contributed by atoms with van der Waals surface area (Å²) in [7, 11) is -0.119. The molecule has 202 valence electrons. The molecule has 0 radical (unpaired) electrons. The van der Waals surface area contributed by atoms with Crippen molar-refractivity contribution in [3.63, 3.8) is 0 Å². The molecule has 9 fully saturated rings. The zero-order valence-electron chi connectivity index (χ0n) is 22.7. The summed E-state index contributed by atoms with van der Waals surface area (Å²) in [6.07, 6.45) is 22.3. The maximum Gasteiger partial charge on any atom is 0.226 e. The van der Waals surface area contributed by atoms with Crippen molar-refractivity contribution in [3.05, 3.63) is 0 Å². The Labute approximate surface area is 224 Å². The molecule has 0 aromatic rings. The average Bonchev–Trinajstić information content (AvgIpc) is 2.95. The van der Waals surface area contributed by atoms with E-state index in [1.165, 1.54) is 96.3 Å². The van der Waals surface area contributed by atoms with Crippen LogP contribution in [0.5, 0.6) is 0 Å². The Morgan fingerprint density at radius 3 is 1.43 bits per heavy atom. The van der Waals surface area contributed by atoms with E-state index in [-0.39, 0.29) is 7.92 Å². The number of fused-ring (bicyclic) bond motifs is 8. The molecule has 5 saturated carbocycles. The smallest absolute Gasteiger partial charge is 0.226 e. The minimum atomic E-state index is -0.119. The molecule has 9 rings (SSSR count). The Bertz CT molecular complexity index is 912. The molecule has 12 unspecified atom stereocenters. The van der Waals surface area contributed by atoms with Gasteiger partial charge in [-0.3, -0.25) is 9.59 Å². The lowest BCUT2D eigenvalue weighted by atomic mass is 9.60. The van der Waals surface area contributed by atoms with Crippen molar-refractivity contribution in [2.45, 2.75) is 150 Å². The van der Waals surface area contributed by atoms with Crippen LogP contribution in [0, 0.1) is 35.5 Å². The van der Waals surface area contributed by atoms with Crippen LogP contribution in [0.1, 0.15) is 109 Å². The number of amides is 2. The Morgan fingerprint density at radius 1 is 0.486 bits per heavy atom. The third kappa shape index (κ3) is 2.96. The van der Waals surface area contributed by atoms with Gasteiger partial charge in [0.25, 0.3) is 0 Å². The largest absolute Gasteiger partial charge is 0.335 e. The minimum absolute atomic E-state index is 0.119. The number of hydrogen-bond donors (Lipinski definition) is 0. The van der Waals surface area contributed by atoms with Gasteiger partial charge in [0.05, 0.1) is 0 Å². The van der Waals surface area contributed by atoms with E-state index in [9.17, 15) is 9.59 Å². The molecule has 4 heterocycles. The van der Waals surface area contributed by atoms with Crippen LogP contribution in [0.2, 0.25) is 0 Å². The Morgan fingerprint density at radius 2 is 0.919 bits per heavy atom. The van der Waals surface area contributed by atoms with Gasteiger partial charge in [-0.15, -0.1) is 0 Å². The summed E-state index contributed by atoms with van der Waals surface area (Å²) in [6, 6.07) is 2.06. The Kier molecular flexibility index (Phi) is 5.27. The lowest BCUT2D eigenvalue weighted by Gasteiger charge is -2.72. The maximum atomic E-state index is 14.4. The van der Waals surface area contributed by atoms with Crippen molar-refractivity contribution in [2.24, 2.45) is 35.5 Å². The zero-order chi connectivity index (χ0) is 24.4. The quantitative estimate of drug-likeness (QED) is 0.358. The van der Waals surface area contributed by atoms with Crippen molar-refractivity contribution in [1.29, 1.82) is 0 Å². The van der Waals surface area contributed by atoms with Gasteiger partial charge in [0, 0.05) is 53.0 Å². The molecule has 0 N–H and O–H groups in total. The van der Waals surface area contributed by atoms with Crippen LogP contribution >= 0.6 is 7.92 Å². The number of carbonyl (C=O) groups is 2. The van der Waals surface area contributed by atoms with Gasteiger partial charge in [-0.25, -0.2) is 0 Å². The molecule has 4 nitrogen and oxygen atoms in total. The molecule has 0 spiro atoms. The predicted octanol–water partition coefficient (Wildman–Crippen LogP) is 6.16. The fourth-order valence-electron chi connectivity index (χ4n) is 13.0. The first kappa shape index (κ1) is 23.1. The summed E-state index contributed by atoms with van der Waals surface area (Å²) in [5.41, 5.74) is 2.21. The van der Waals surface area contributed by atoms with Crippen LogP contribution in [-0.4, -0.2) is 62.8 Å². The predicted molar refractivity (Wildman–Crippen MR) is 147 cm³/mol. The zero-order valence-corrected chi connectivity index (χ0v) is 23.6. The van der Waals surface area contributed by atoms with E-state index in [0.29, 0.717) is 65.3 Å². The molecule has 4 saturated heterocycles. The van der Waals surface area contributed by atoms with E-state index in [1.54, 1.807) is 0 Å². The van der Waals surface area contributed by atoms with Gasteiger partial charge < -0.3 is 9.80 Å². The summed E-state index contributed by atoms with van der Waals surface area (Å²) < 4.78 is 0. The summed E-state index contributed by atoms with van der Waals surface area (Å²) in [5.74, 6) is 4.78. The Balaban J connectivity index is 1.17. The summed E-state index contributed by atoms with van der Waals surface area (Å²) in [5, 5.41) is 0. The van der Waals surface area contributed by atoms with Gasteiger partial charge in [-0.2, -0.15) is 0 Å². The molecular weight excluding hydrogens is 475 g/mol. The fourth-order valence-corrected chi connectivity index (χ4v) is 18.1. The molecule has 0 aromatic heterocycles. The number of piperidine rings is 2. The molecule has 5 heteroatoms. The monoisotopic (exact) mass is 522 g/mol. The van der Waals surface area contributed by atoms with Crippen LogP contribution in [0.4, 0.5) is 0 Å². The van der Waals surface area contributed by atoms with Gasteiger partial charge in [0.1, 0.15) is 0 Å². The van der Waals surface area contributed by atoms with Gasteiger partial charge in [-0.1, -0.05) is 46.4 Å². The first-order valence-corrected chi connectivity index (χ1v) is 18.2. The highest BCUT2D eigenvalue weighted by atomic mass is 31.1. The van der Waals surface area contributed by atoms with Crippen molar-refractivity contribution in [2.75, 3.05) is 0 Å². The standard InChI is InChI=1S/C32H47N2O2P/c35-31-22-10-3-1-8-18(22)20-12-5-16-26-28(20)33(31)24-14-7-15-25-30(24)37(26)27-17-6-13-21-19-9-2-4-11-23(19)32(36)34(25)29(21)27/h18-30H,1-17H2. The average molecular weight is 523 g/mol. The van der Waals surface area contributed by atoms with Crippen molar-refractivity contribution in [3.8, 4) is 0 Å². The van der Waals surface area contributed by atoms with Crippen LogP contribution < -0.4 is 0 Å². The topological polar surface area (TPSA) is 40.6 Å². The first-order valence-electron chi connectivity index (χ1n) is 16.7. The maximum absolute atomic E-state index is 14.4. The highest BCUT2D eigenvalue weighted by Crippen LogP contribution is 2.72. The van der Waals surface area contributed by atoms with Crippen LogP contribution in [0.25, 0.3) is 0 Å². The van der Waals surface area contributed by atoms with Gasteiger partial charge in [0.2, 0.25) is 11.8 Å². The lowest BCUT2D eigenvalue weighted by molar-refractivity contribution is -0.169. The van der Waals surface area contributed by atoms with E-state index >= 15 is 0 Å². The second-order valence-corrected chi connectivity index (χ2v) is 17.7.